The third-order valence-electron chi connectivity index (χ3n) is 5.35. The van der Waals surface area contributed by atoms with E-state index in [2.05, 4.69) is 15.6 Å². The molecular formula is C24H34IN3O4. The third-order valence-corrected chi connectivity index (χ3v) is 5.35. The van der Waals surface area contributed by atoms with Crippen LogP contribution in [0.25, 0.3) is 0 Å². The van der Waals surface area contributed by atoms with Gasteiger partial charge in [0.2, 0.25) is 0 Å². The lowest BCUT2D eigenvalue weighted by Crippen LogP contribution is -2.37. The maximum atomic E-state index is 10.1. The standard InChI is InChI=1S/C24H33N3O4.HI/c1-4-25-24(27-16-18-14-20(29-2)12-13-21(18)28)26-15-17-8-7-11-22(30-3)23(17)31-19-9-5-6-10-19;/h7-8,11-14,19,28H,4-6,9-10,15-16H2,1-3H3,(H2,25,26,27);1H. The van der Waals surface area contributed by atoms with Crippen LogP contribution in [0.3, 0.4) is 0 Å². The van der Waals surface area contributed by atoms with E-state index in [0.29, 0.717) is 30.4 Å². The van der Waals surface area contributed by atoms with Crippen LogP contribution in [0.1, 0.15) is 43.7 Å². The molecule has 1 saturated carbocycles. The summed E-state index contributed by atoms with van der Waals surface area (Å²) in [5, 5.41) is 16.7. The predicted octanol–water partition coefficient (Wildman–Crippen LogP) is 4.60. The van der Waals surface area contributed by atoms with Gasteiger partial charge in [-0.15, -0.1) is 24.0 Å². The molecule has 3 N–H and O–H groups in total. The molecule has 2 aromatic rings. The van der Waals surface area contributed by atoms with E-state index < -0.39 is 0 Å². The van der Waals surface area contributed by atoms with Crippen molar-refractivity contribution in [3.8, 4) is 23.0 Å². The lowest BCUT2D eigenvalue weighted by atomic mass is 10.1. The average Bonchev–Trinajstić information content (AvgIpc) is 3.30. The molecule has 1 aliphatic rings. The molecule has 2 aromatic carbocycles. The maximum absolute atomic E-state index is 10.1. The third kappa shape index (κ3) is 7.08. The molecule has 0 saturated heterocycles. The summed E-state index contributed by atoms with van der Waals surface area (Å²) in [7, 11) is 3.27. The molecule has 0 radical (unpaired) electrons. The zero-order valence-electron chi connectivity index (χ0n) is 19.0. The molecule has 176 valence electrons. The molecule has 0 unspecified atom stereocenters. The number of ether oxygens (including phenoxy) is 3. The Labute approximate surface area is 207 Å². The van der Waals surface area contributed by atoms with Crippen molar-refractivity contribution in [2.24, 2.45) is 4.99 Å². The lowest BCUT2D eigenvalue weighted by molar-refractivity contribution is 0.198. The lowest BCUT2D eigenvalue weighted by Gasteiger charge is -2.20. The molecule has 0 aromatic heterocycles. The second-order valence-corrected chi connectivity index (χ2v) is 7.52. The Hall–Kier alpha value is -2.36. The molecule has 1 fully saturated rings. The van der Waals surface area contributed by atoms with Gasteiger partial charge in [-0.1, -0.05) is 12.1 Å². The van der Waals surface area contributed by atoms with Crippen LogP contribution in [0.5, 0.6) is 23.0 Å². The van der Waals surface area contributed by atoms with Crippen LogP contribution >= 0.6 is 24.0 Å². The minimum atomic E-state index is 0. The van der Waals surface area contributed by atoms with Crippen LogP contribution in [-0.4, -0.2) is 37.9 Å². The number of nitrogens with zero attached hydrogens (tertiary/aromatic N) is 1. The van der Waals surface area contributed by atoms with Gasteiger partial charge >= 0.3 is 0 Å². The topological polar surface area (TPSA) is 84.3 Å². The average molecular weight is 555 g/mol. The Morgan fingerprint density at radius 1 is 1.06 bits per heavy atom. The van der Waals surface area contributed by atoms with Crippen molar-refractivity contribution in [3.63, 3.8) is 0 Å². The van der Waals surface area contributed by atoms with E-state index in [-0.39, 0.29) is 35.8 Å². The Balaban J connectivity index is 0.00000363. The number of aromatic hydroxyl groups is 1. The monoisotopic (exact) mass is 555 g/mol. The summed E-state index contributed by atoms with van der Waals surface area (Å²) >= 11 is 0. The predicted molar refractivity (Wildman–Crippen MR) is 138 cm³/mol. The SMILES string of the molecule is CCNC(=NCc1cc(OC)ccc1O)NCc1cccc(OC)c1OC1CCCC1.I. The zero-order valence-corrected chi connectivity index (χ0v) is 21.3. The maximum Gasteiger partial charge on any atom is 0.191 e. The number of rotatable bonds is 9. The number of benzene rings is 2. The van der Waals surface area contributed by atoms with Crippen LogP contribution in [0.4, 0.5) is 0 Å². The minimum absolute atomic E-state index is 0. The van der Waals surface area contributed by atoms with E-state index in [1.165, 1.54) is 12.8 Å². The fourth-order valence-electron chi connectivity index (χ4n) is 3.67. The minimum Gasteiger partial charge on any atom is -0.508 e. The number of phenolic OH excluding ortho intramolecular Hbond substituents is 1. The molecule has 8 heteroatoms. The molecule has 0 aliphatic heterocycles. The highest BCUT2D eigenvalue weighted by Crippen LogP contribution is 2.34. The van der Waals surface area contributed by atoms with Gasteiger partial charge in [0.1, 0.15) is 11.5 Å². The van der Waals surface area contributed by atoms with E-state index in [4.69, 9.17) is 14.2 Å². The Kier molecular flexibility index (Phi) is 10.7. The van der Waals surface area contributed by atoms with Crippen LogP contribution in [0, 0.1) is 0 Å². The summed E-state index contributed by atoms with van der Waals surface area (Å²) in [6.45, 7) is 3.59. The molecule has 7 nitrogen and oxygen atoms in total. The van der Waals surface area contributed by atoms with Crippen molar-refractivity contribution < 1.29 is 19.3 Å². The Morgan fingerprint density at radius 3 is 2.53 bits per heavy atom. The number of hydrogen-bond donors (Lipinski definition) is 3. The second kappa shape index (κ2) is 13.2. The van der Waals surface area contributed by atoms with Gasteiger partial charge in [0, 0.05) is 24.2 Å². The summed E-state index contributed by atoms with van der Waals surface area (Å²) in [5.74, 6) is 3.07. The van der Waals surface area contributed by atoms with Crippen LogP contribution < -0.4 is 24.8 Å². The van der Waals surface area contributed by atoms with Gasteiger partial charge in [0.15, 0.2) is 17.5 Å². The number of para-hydroxylation sites is 1. The highest BCUT2D eigenvalue weighted by molar-refractivity contribution is 14.0. The largest absolute Gasteiger partial charge is 0.508 e. The van der Waals surface area contributed by atoms with Gasteiger partial charge in [-0.05, 0) is 56.9 Å². The van der Waals surface area contributed by atoms with Gasteiger partial charge < -0.3 is 30.0 Å². The van der Waals surface area contributed by atoms with Crippen LogP contribution in [-0.2, 0) is 13.1 Å². The first kappa shape index (κ1) is 25.9. The molecule has 3 rings (SSSR count). The van der Waals surface area contributed by atoms with Gasteiger partial charge in [-0.25, -0.2) is 4.99 Å². The first-order valence-corrected chi connectivity index (χ1v) is 10.8. The highest BCUT2D eigenvalue weighted by Gasteiger charge is 2.20. The molecule has 32 heavy (non-hydrogen) atoms. The molecule has 1 aliphatic carbocycles. The van der Waals surface area contributed by atoms with Gasteiger partial charge in [-0.3, -0.25) is 0 Å². The summed E-state index contributed by atoms with van der Waals surface area (Å²) in [6, 6.07) is 11.1. The van der Waals surface area contributed by atoms with Gasteiger partial charge in [-0.2, -0.15) is 0 Å². The Morgan fingerprint density at radius 2 is 1.84 bits per heavy atom. The zero-order chi connectivity index (χ0) is 22.1. The van der Waals surface area contributed by atoms with Gasteiger partial charge in [0.05, 0.1) is 26.9 Å². The molecular weight excluding hydrogens is 521 g/mol. The number of nitrogens with one attached hydrogen (secondary N) is 2. The van der Waals surface area contributed by atoms with E-state index in [0.717, 1.165) is 36.4 Å². The summed E-state index contributed by atoms with van der Waals surface area (Å²) < 4.78 is 17.1. The summed E-state index contributed by atoms with van der Waals surface area (Å²) in [5.41, 5.74) is 1.71. The molecule has 0 spiro atoms. The number of hydrogen-bond acceptors (Lipinski definition) is 5. The molecule has 0 amide bonds. The second-order valence-electron chi connectivity index (χ2n) is 7.52. The smallest absolute Gasteiger partial charge is 0.191 e. The first-order valence-electron chi connectivity index (χ1n) is 10.8. The normalized spacial score (nSPS) is 13.9. The van der Waals surface area contributed by atoms with E-state index in [1.54, 1.807) is 32.4 Å². The van der Waals surface area contributed by atoms with E-state index in [1.807, 2.05) is 25.1 Å². The first-order chi connectivity index (χ1) is 15.1. The molecule has 0 bridgehead atoms. The number of halogens is 1. The van der Waals surface area contributed by atoms with Crippen molar-refractivity contribution in [2.45, 2.75) is 51.8 Å². The van der Waals surface area contributed by atoms with Crippen molar-refractivity contribution >= 4 is 29.9 Å². The highest BCUT2D eigenvalue weighted by atomic mass is 127. The number of phenols is 1. The number of methoxy groups -OCH3 is 2. The fraction of sp³-hybridized carbons (Fsp3) is 0.458. The van der Waals surface area contributed by atoms with Crippen LogP contribution in [0.2, 0.25) is 0 Å². The Bertz CT molecular complexity index is 886. The van der Waals surface area contributed by atoms with Crippen molar-refractivity contribution in [1.29, 1.82) is 0 Å². The van der Waals surface area contributed by atoms with Crippen molar-refractivity contribution in [3.05, 3.63) is 47.5 Å². The number of aliphatic imine (C=N–C) groups is 1. The van der Waals surface area contributed by atoms with Crippen LogP contribution in [0.15, 0.2) is 41.4 Å². The van der Waals surface area contributed by atoms with E-state index in [9.17, 15) is 5.11 Å². The molecule has 0 heterocycles. The molecule has 0 atom stereocenters. The van der Waals surface area contributed by atoms with Crippen molar-refractivity contribution in [1.82, 2.24) is 10.6 Å². The quantitative estimate of drug-likeness (QED) is 0.238. The van der Waals surface area contributed by atoms with Crippen molar-refractivity contribution in [2.75, 3.05) is 20.8 Å². The summed E-state index contributed by atoms with van der Waals surface area (Å²) in [4.78, 5) is 4.62. The number of guanidine groups is 1. The summed E-state index contributed by atoms with van der Waals surface area (Å²) in [6.07, 6.45) is 4.83. The van der Waals surface area contributed by atoms with Gasteiger partial charge in [0.25, 0.3) is 0 Å². The van der Waals surface area contributed by atoms with E-state index >= 15 is 0 Å². The fourth-order valence-corrected chi connectivity index (χ4v) is 3.67.